The number of anilines is 1. The van der Waals surface area contributed by atoms with Gasteiger partial charge in [-0.1, -0.05) is 11.3 Å². The molecule has 0 fully saturated rings. The first-order valence-electron chi connectivity index (χ1n) is 4.27. The highest BCUT2D eigenvalue weighted by Crippen LogP contribution is 2.29. The molecule has 3 rings (SSSR count). The standard InChI is InChI=1S/C8H6N6S/c9-8-14-13-7(15-8)5-2-11-6-4(5)1-10-3-12-6/h1-3H,(H2,9,14)(H,10,11,12)/p+1. The molecule has 15 heavy (non-hydrogen) atoms. The Bertz CT molecular complexity index is 612. The van der Waals surface area contributed by atoms with E-state index in [1.165, 1.54) is 11.3 Å². The molecule has 0 amide bonds. The zero-order valence-electron chi connectivity index (χ0n) is 7.56. The first kappa shape index (κ1) is 8.30. The Morgan fingerprint density at radius 1 is 1.40 bits per heavy atom. The average Bonchev–Trinajstić information content (AvgIpc) is 2.83. The van der Waals surface area contributed by atoms with Crippen LogP contribution >= 0.6 is 11.3 Å². The first-order chi connectivity index (χ1) is 7.34. The first-order valence-corrected chi connectivity index (χ1v) is 5.09. The van der Waals surface area contributed by atoms with Gasteiger partial charge in [-0.2, -0.15) is 0 Å². The van der Waals surface area contributed by atoms with Gasteiger partial charge in [0.1, 0.15) is 6.20 Å². The molecule has 0 aliphatic carbocycles. The van der Waals surface area contributed by atoms with Crippen LogP contribution in [0.25, 0.3) is 21.6 Å². The van der Waals surface area contributed by atoms with Crippen molar-refractivity contribution in [3.8, 4) is 10.6 Å². The highest BCUT2D eigenvalue weighted by Gasteiger charge is 2.13. The van der Waals surface area contributed by atoms with Crippen molar-refractivity contribution in [2.75, 3.05) is 5.73 Å². The van der Waals surface area contributed by atoms with Gasteiger partial charge in [0.15, 0.2) is 5.01 Å². The van der Waals surface area contributed by atoms with Crippen LogP contribution in [0.1, 0.15) is 0 Å². The number of nitrogens with one attached hydrogen (secondary N) is 2. The summed E-state index contributed by atoms with van der Waals surface area (Å²) >= 11 is 1.35. The van der Waals surface area contributed by atoms with Crippen LogP contribution in [0.3, 0.4) is 0 Å². The lowest BCUT2D eigenvalue weighted by Gasteiger charge is -1.86. The van der Waals surface area contributed by atoms with Crippen molar-refractivity contribution in [1.29, 1.82) is 0 Å². The molecule has 0 spiro atoms. The van der Waals surface area contributed by atoms with Crippen LogP contribution in [0.2, 0.25) is 0 Å². The van der Waals surface area contributed by atoms with E-state index in [0.717, 1.165) is 21.6 Å². The minimum atomic E-state index is 0.465. The van der Waals surface area contributed by atoms with E-state index in [1.54, 1.807) is 6.33 Å². The van der Waals surface area contributed by atoms with Crippen LogP contribution in [0.5, 0.6) is 0 Å². The summed E-state index contributed by atoms with van der Waals surface area (Å²) in [5.74, 6) is 0. The number of hydrogen-bond acceptors (Lipinski definition) is 5. The van der Waals surface area contributed by atoms with E-state index in [2.05, 4.69) is 25.1 Å². The molecule has 0 aliphatic rings. The molecule has 3 aromatic rings. The Morgan fingerprint density at radius 2 is 2.33 bits per heavy atom. The SMILES string of the molecule is Nc1nnc(-c2c[nH]c3nc[nH+]cc23)s1. The summed E-state index contributed by atoms with van der Waals surface area (Å²) in [6.07, 6.45) is 5.34. The van der Waals surface area contributed by atoms with Gasteiger partial charge in [0.05, 0.1) is 5.39 Å². The Morgan fingerprint density at radius 3 is 3.13 bits per heavy atom. The Kier molecular flexibility index (Phi) is 1.65. The maximum atomic E-state index is 5.54. The second-order valence-electron chi connectivity index (χ2n) is 2.98. The molecule has 0 atom stereocenters. The normalized spacial score (nSPS) is 10.9. The fourth-order valence-corrected chi connectivity index (χ4v) is 2.06. The number of rotatable bonds is 1. The zero-order chi connectivity index (χ0) is 10.3. The molecule has 4 N–H and O–H groups in total. The Hall–Kier alpha value is -2.02. The van der Waals surface area contributed by atoms with Crippen LogP contribution in [0, 0.1) is 0 Å². The molecular formula is C8H7N6S+. The Balaban J connectivity index is 2.27. The number of nitrogens with zero attached hydrogens (tertiary/aromatic N) is 3. The monoisotopic (exact) mass is 219 g/mol. The van der Waals surface area contributed by atoms with E-state index < -0.39 is 0 Å². The summed E-state index contributed by atoms with van der Waals surface area (Å²) < 4.78 is 0. The lowest BCUT2D eigenvalue weighted by molar-refractivity contribution is -0.380. The minimum Gasteiger partial charge on any atom is -0.374 e. The molecule has 0 aliphatic heterocycles. The second-order valence-corrected chi connectivity index (χ2v) is 3.99. The maximum absolute atomic E-state index is 5.54. The van der Waals surface area contributed by atoms with Gasteiger partial charge < -0.3 is 10.7 Å². The van der Waals surface area contributed by atoms with Crippen molar-refractivity contribution in [2.45, 2.75) is 0 Å². The molecule has 3 heterocycles. The largest absolute Gasteiger partial charge is 0.374 e. The predicted octanol–water partition coefficient (Wildman–Crippen LogP) is 0.478. The van der Waals surface area contributed by atoms with Crippen molar-refractivity contribution in [3.05, 3.63) is 18.7 Å². The predicted molar refractivity (Wildman–Crippen MR) is 56.0 cm³/mol. The van der Waals surface area contributed by atoms with Crippen LogP contribution in [-0.2, 0) is 0 Å². The summed E-state index contributed by atoms with van der Waals surface area (Å²) in [4.78, 5) is 10.1. The van der Waals surface area contributed by atoms with Gasteiger partial charge in [-0.25, -0.2) is 4.98 Å². The van der Waals surface area contributed by atoms with E-state index in [-0.39, 0.29) is 0 Å². The van der Waals surface area contributed by atoms with Gasteiger partial charge in [-0.3, -0.25) is 0 Å². The zero-order valence-corrected chi connectivity index (χ0v) is 8.38. The van der Waals surface area contributed by atoms with Gasteiger partial charge in [-0.05, 0) is 4.98 Å². The van der Waals surface area contributed by atoms with Crippen molar-refractivity contribution < 1.29 is 4.98 Å². The lowest BCUT2D eigenvalue weighted by atomic mass is 10.2. The third kappa shape index (κ3) is 1.24. The number of hydrogen-bond donors (Lipinski definition) is 2. The maximum Gasteiger partial charge on any atom is 0.286 e. The number of nitrogen functional groups attached to an aromatic ring is 1. The molecule has 0 radical (unpaired) electrons. The van der Waals surface area contributed by atoms with Gasteiger partial charge >= 0.3 is 0 Å². The summed E-state index contributed by atoms with van der Waals surface area (Å²) in [5.41, 5.74) is 7.32. The highest BCUT2D eigenvalue weighted by atomic mass is 32.1. The number of fused-ring (bicyclic) bond motifs is 1. The molecule has 0 unspecified atom stereocenters. The summed E-state index contributed by atoms with van der Waals surface area (Å²) in [7, 11) is 0. The van der Waals surface area contributed by atoms with Gasteiger partial charge in [0, 0.05) is 11.8 Å². The van der Waals surface area contributed by atoms with E-state index >= 15 is 0 Å². The Labute approximate surface area is 88.2 Å². The van der Waals surface area contributed by atoms with Gasteiger partial charge in [0.2, 0.25) is 5.13 Å². The van der Waals surface area contributed by atoms with E-state index in [0.29, 0.717) is 5.13 Å². The molecular weight excluding hydrogens is 212 g/mol. The van der Waals surface area contributed by atoms with E-state index in [1.807, 2.05) is 12.4 Å². The van der Waals surface area contributed by atoms with E-state index in [4.69, 9.17) is 5.73 Å². The fraction of sp³-hybridized carbons (Fsp3) is 0. The minimum absolute atomic E-state index is 0.465. The van der Waals surface area contributed by atoms with Gasteiger partial charge in [0.25, 0.3) is 12.0 Å². The summed E-state index contributed by atoms with van der Waals surface area (Å²) in [5, 5.41) is 10.0. The fourth-order valence-electron chi connectivity index (χ4n) is 1.42. The second kappa shape index (κ2) is 2.99. The van der Waals surface area contributed by atoms with Crippen molar-refractivity contribution in [1.82, 2.24) is 20.2 Å². The van der Waals surface area contributed by atoms with Crippen LogP contribution in [0.4, 0.5) is 5.13 Å². The third-order valence-corrected chi connectivity index (χ3v) is 2.85. The average molecular weight is 219 g/mol. The smallest absolute Gasteiger partial charge is 0.286 e. The highest BCUT2D eigenvalue weighted by molar-refractivity contribution is 7.18. The van der Waals surface area contributed by atoms with Crippen molar-refractivity contribution in [3.63, 3.8) is 0 Å². The van der Waals surface area contributed by atoms with Crippen molar-refractivity contribution >= 4 is 27.5 Å². The molecule has 0 bridgehead atoms. The summed E-state index contributed by atoms with van der Waals surface area (Å²) in [6, 6.07) is 0. The molecule has 0 aromatic carbocycles. The topological polar surface area (TPSA) is 94.6 Å². The quantitative estimate of drug-likeness (QED) is 0.622. The number of nitrogens with two attached hydrogens (primary N) is 1. The number of aromatic amines is 2. The molecule has 0 saturated carbocycles. The lowest BCUT2D eigenvalue weighted by Crippen LogP contribution is -1.99. The number of H-pyrrole nitrogens is 2. The third-order valence-electron chi connectivity index (χ3n) is 2.07. The molecule has 3 aromatic heterocycles. The van der Waals surface area contributed by atoms with Crippen LogP contribution < -0.4 is 10.7 Å². The number of aromatic nitrogens is 5. The van der Waals surface area contributed by atoms with Crippen molar-refractivity contribution in [2.24, 2.45) is 0 Å². The van der Waals surface area contributed by atoms with Crippen LogP contribution in [-0.4, -0.2) is 20.2 Å². The molecule has 7 heteroatoms. The molecule has 74 valence electrons. The summed E-state index contributed by atoms with van der Waals surface area (Å²) in [6.45, 7) is 0. The van der Waals surface area contributed by atoms with E-state index in [9.17, 15) is 0 Å². The molecule has 6 nitrogen and oxygen atoms in total. The molecule has 0 saturated heterocycles. The van der Waals surface area contributed by atoms with Gasteiger partial charge in [-0.15, -0.1) is 10.2 Å². The van der Waals surface area contributed by atoms with Crippen LogP contribution in [0.15, 0.2) is 18.7 Å².